The van der Waals surface area contributed by atoms with Crippen molar-refractivity contribution in [1.82, 2.24) is 10.2 Å². The van der Waals surface area contributed by atoms with E-state index >= 15 is 0 Å². The zero-order chi connectivity index (χ0) is 15.8. The summed E-state index contributed by atoms with van der Waals surface area (Å²) in [4.78, 5) is 24.6. The molecule has 0 aromatic heterocycles. The second-order valence-electron chi connectivity index (χ2n) is 4.90. The third-order valence-electron chi connectivity index (χ3n) is 3.16. The number of nitrogens with zero attached hydrogens (tertiary/aromatic N) is 1. The first-order valence-corrected chi connectivity index (χ1v) is 8.58. The molecule has 22 heavy (non-hydrogen) atoms. The fourth-order valence-electron chi connectivity index (χ4n) is 1.97. The molecule has 0 spiro atoms. The summed E-state index contributed by atoms with van der Waals surface area (Å²) in [7, 11) is 0. The van der Waals surface area contributed by atoms with Crippen molar-refractivity contribution in [3.8, 4) is 5.75 Å². The second-order valence-corrected chi connectivity index (χ2v) is 6.38. The number of thioether (sulfide) groups is 1. The molecule has 1 saturated heterocycles. The third kappa shape index (κ3) is 5.77. The minimum Gasteiger partial charge on any atom is -0.494 e. The Bertz CT molecular complexity index is 510. The number of nitrogens with one attached hydrogen (secondary N) is 1. The van der Waals surface area contributed by atoms with E-state index in [1.165, 1.54) is 11.8 Å². The van der Waals surface area contributed by atoms with Gasteiger partial charge in [0.05, 0.1) is 6.61 Å². The van der Waals surface area contributed by atoms with Gasteiger partial charge in [0.15, 0.2) is 0 Å². The predicted molar refractivity (Wildman–Crippen MR) is 88.6 cm³/mol. The molecule has 0 bridgehead atoms. The molecular weight excluding hydrogens is 324 g/mol. The summed E-state index contributed by atoms with van der Waals surface area (Å²) < 4.78 is 5.56. The zero-order valence-electron chi connectivity index (χ0n) is 12.2. The smallest absolute Gasteiger partial charge is 0.282 e. The molecule has 0 atom stereocenters. The number of halogens is 1. The van der Waals surface area contributed by atoms with Gasteiger partial charge in [0.2, 0.25) is 5.91 Å². The van der Waals surface area contributed by atoms with Crippen molar-refractivity contribution in [2.45, 2.75) is 12.8 Å². The van der Waals surface area contributed by atoms with Gasteiger partial charge in [-0.25, -0.2) is 0 Å². The van der Waals surface area contributed by atoms with Crippen molar-refractivity contribution in [3.05, 3.63) is 29.3 Å². The van der Waals surface area contributed by atoms with Gasteiger partial charge in [0, 0.05) is 23.9 Å². The van der Waals surface area contributed by atoms with E-state index < -0.39 is 0 Å². The van der Waals surface area contributed by atoms with E-state index in [-0.39, 0.29) is 17.7 Å². The van der Waals surface area contributed by atoms with Crippen molar-refractivity contribution in [2.75, 3.05) is 32.0 Å². The minimum absolute atomic E-state index is 0.00786. The molecule has 0 saturated carbocycles. The molecule has 1 N–H and O–H groups in total. The molecule has 0 radical (unpaired) electrons. The lowest BCUT2D eigenvalue weighted by atomic mass is 10.3. The summed E-state index contributed by atoms with van der Waals surface area (Å²) >= 11 is 7.06. The quantitative estimate of drug-likeness (QED) is 0.738. The fraction of sp³-hybridized carbons (Fsp3) is 0.467. The Balaban J connectivity index is 1.51. The maximum atomic E-state index is 11.7. The van der Waals surface area contributed by atoms with Gasteiger partial charge in [-0.2, -0.15) is 0 Å². The van der Waals surface area contributed by atoms with Gasteiger partial charge >= 0.3 is 0 Å². The molecule has 0 aliphatic carbocycles. The van der Waals surface area contributed by atoms with Gasteiger partial charge in [-0.05, 0) is 37.1 Å². The van der Waals surface area contributed by atoms with Gasteiger partial charge in [0.1, 0.15) is 12.3 Å². The molecule has 1 aromatic rings. The normalized spacial score (nSPS) is 14.2. The Morgan fingerprint density at radius 1 is 1.32 bits per heavy atom. The van der Waals surface area contributed by atoms with Crippen LogP contribution < -0.4 is 10.1 Å². The van der Waals surface area contributed by atoms with Crippen LogP contribution in [0.3, 0.4) is 0 Å². The van der Waals surface area contributed by atoms with Gasteiger partial charge in [-0.1, -0.05) is 23.4 Å². The highest BCUT2D eigenvalue weighted by Crippen LogP contribution is 2.16. The molecule has 1 aliphatic rings. The molecule has 1 aliphatic heterocycles. The number of benzene rings is 1. The number of hydrogen-bond acceptors (Lipinski definition) is 4. The van der Waals surface area contributed by atoms with E-state index in [2.05, 4.69) is 5.32 Å². The largest absolute Gasteiger partial charge is 0.494 e. The molecule has 1 heterocycles. The van der Waals surface area contributed by atoms with E-state index in [9.17, 15) is 9.59 Å². The molecular formula is C15H19ClN2O3S. The zero-order valence-corrected chi connectivity index (χ0v) is 13.8. The molecule has 5 nitrogen and oxygen atoms in total. The lowest BCUT2D eigenvalue weighted by Gasteiger charge is -2.14. The molecule has 1 fully saturated rings. The predicted octanol–water partition coefficient (Wildman–Crippen LogP) is 2.78. The first-order valence-electron chi connectivity index (χ1n) is 7.22. The summed E-state index contributed by atoms with van der Waals surface area (Å²) in [5.41, 5.74) is 0. The Kier molecular flexibility index (Phi) is 6.86. The molecule has 2 amide bonds. The van der Waals surface area contributed by atoms with Crippen LogP contribution >= 0.6 is 23.4 Å². The number of rotatable bonds is 8. The maximum Gasteiger partial charge on any atom is 0.282 e. The fourth-order valence-corrected chi connectivity index (χ4v) is 2.92. The average Bonchev–Trinajstić information content (AvgIpc) is 2.90. The monoisotopic (exact) mass is 342 g/mol. The van der Waals surface area contributed by atoms with Crippen LogP contribution in [0.2, 0.25) is 5.02 Å². The Labute approximate surface area is 139 Å². The lowest BCUT2D eigenvalue weighted by molar-refractivity contribution is -0.121. The van der Waals surface area contributed by atoms with E-state index in [0.29, 0.717) is 24.7 Å². The van der Waals surface area contributed by atoms with Crippen LogP contribution in [0, 0.1) is 0 Å². The number of carbonyl (C=O) groups is 2. The van der Waals surface area contributed by atoms with Crippen LogP contribution in [-0.4, -0.2) is 48.0 Å². The first-order chi connectivity index (χ1) is 10.6. The van der Waals surface area contributed by atoms with Crippen LogP contribution in [0.5, 0.6) is 5.75 Å². The Morgan fingerprint density at radius 3 is 2.77 bits per heavy atom. The van der Waals surface area contributed by atoms with Crippen molar-refractivity contribution >= 4 is 34.5 Å². The van der Waals surface area contributed by atoms with E-state index in [1.807, 2.05) is 12.1 Å². The SMILES string of the molecule is O=C(CN1CCSC1=O)NCCCCOc1ccc(Cl)cc1. The van der Waals surface area contributed by atoms with Crippen LogP contribution in [-0.2, 0) is 4.79 Å². The standard InChI is InChI=1S/C15H19ClN2O3S/c16-12-3-5-13(6-4-12)21-9-2-1-7-17-14(19)11-18-8-10-22-15(18)20/h3-6H,1-2,7-11H2,(H,17,19). The number of hydrogen-bond donors (Lipinski definition) is 1. The van der Waals surface area contributed by atoms with Crippen molar-refractivity contribution < 1.29 is 14.3 Å². The van der Waals surface area contributed by atoms with Gasteiger partial charge < -0.3 is 15.0 Å². The molecule has 1 aromatic carbocycles. The van der Waals surface area contributed by atoms with E-state index in [1.54, 1.807) is 17.0 Å². The lowest BCUT2D eigenvalue weighted by Crippen LogP contribution is -2.37. The van der Waals surface area contributed by atoms with Crippen LogP contribution in [0.25, 0.3) is 0 Å². The molecule has 120 valence electrons. The number of unbranched alkanes of at least 4 members (excludes halogenated alkanes) is 1. The highest BCUT2D eigenvalue weighted by molar-refractivity contribution is 8.13. The Morgan fingerprint density at radius 2 is 2.09 bits per heavy atom. The first kappa shape index (κ1) is 17.0. The number of amides is 2. The van der Waals surface area contributed by atoms with E-state index in [4.69, 9.17) is 16.3 Å². The maximum absolute atomic E-state index is 11.7. The number of ether oxygens (including phenoxy) is 1. The Hall–Kier alpha value is -1.40. The highest BCUT2D eigenvalue weighted by Gasteiger charge is 2.22. The van der Waals surface area contributed by atoms with Gasteiger partial charge in [-0.15, -0.1) is 0 Å². The molecule has 0 unspecified atom stereocenters. The third-order valence-corrected chi connectivity index (χ3v) is 4.30. The van der Waals surface area contributed by atoms with Crippen LogP contribution in [0.15, 0.2) is 24.3 Å². The van der Waals surface area contributed by atoms with Crippen molar-refractivity contribution in [1.29, 1.82) is 0 Å². The average molecular weight is 343 g/mol. The summed E-state index contributed by atoms with van der Waals surface area (Å²) in [6.07, 6.45) is 1.68. The summed E-state index contributed by atoms with van der Waals surface area (Å²) in [5, 5.41) is 3.50. The van der Waals surface area contributed by atoms with Crippen molar-refractivity contribution in [3.63, 3.8) is 0 Å². The van der Waals surface area contributed by atoms with Crippen LogP contribution in [0.1, 0.15) is 12.8 Å². The topological polar surface area (TPSA) is 58.6 Å². The van der Waals surface area contributed by atoms with Gasteiger partial charge in [0.25, 0.3) is 5.24 Å². The minimum atomic E-state index is -0.102. The highest BCUT2D eigenvalue weighted by atomic mass is 35.5. The summed E-state index contributed by atoms with van der Waals surface area (Å²) in [5.74, 6) is 1.46. The summed E-state index contributed by atoms with van der Waals surface area (Å²) in [6.45, 7) is 2.01. The molecule has 7 heteroatoms. The van der Waals surface area contributed by atoms with E-state index in [0.717, 1.165) is 24.3 Å². The number of carbonyl (C=O) groups excluding carboxylic acids is 2. The van der Waals surface area contributed by atoms with Crippen LogP contribution in [0.4, 0.5) is 4.79 Å². The van der Waals surface area contributed by atoms with Gasteiger partial charge in [-0.3, -0.25) is 9.59 Å². The second kappa shape index (κ2) is 8.90. The van der Waals surface area contributed by atoms with Crippen molar-refractivity contribution in [2.24, 2.45) is 0 Å². The summed E-state index contributed by atoms with van der Waals surface area (Å²) in [6, 6.07) is 7.23. The molecule has 2 rings (SSSR count).